The van der Waals surface area contributed by atoms with E-state index in [0.717, 1.165) is 0 Å². The van der Waals surface area contributed by atoms with Crippen molar-refractivity contribution in [2.24, 2.45) is 10.1 Å². The number of hydrogen-bond acceptors (Lipinski definition) is 8. The van der Waals surface area contributed by atoms with Gasteiger partial charge in [-0.05, 0) is 0 Å². The molecule has 0 spiro atoms. The third kappa shape index (κ3) is 8.83. The summed E-state index contributed by atoms with van der Waals surface area (Å²) in [6.45, 7) is 2.30. The third-order valence-corrected chi connectivity index (χ3v) is 2.96. The predicted octanol–water partition coefficient (Wildman–Crippen LogP) is 1.66. The first kappa shape index (κ1) is 14.9. The van der Waals surface area contributed by atoms with Gasteiger partial charge in [-0.25, -0.2) is 0 Å². The Bertz CT molecular complexity index is 206. The Morgan fingerprint density at radius 2 is 2.07 bits per heavy atom. The average Bonchev–Trinajstić information content (AvgIpc) is 2.22. The molecule has 0 saturated carbocycles. The van der Waals surface area contributed by atoms with Crippen LogP contribution in [-0.4, -0.2) is 30.8 Å². The molecule has 0 saturated heterocycles. The number of ether oxygens (including phenoxy) is 1. The van der Waals surface area contributed by atoms with E-state index in [1.807, 2.05) is 0 Å². The van der Waals surface area contributed by atoms with Gasteiger partial charge in [0.15, 0.2) is 0 Å². The first-order valence-electron chi connectivity index (χ1n) is 4.35. The van der Waals surface area contributed by atoms with Gasteiger partial charge in [0.25, 0.3) is 0 Å². The molecule has 0 heterocycles. The SMILES string of the molecule is C[C@@H](CCOCCO[PH](O)(S)N=O)N=O. The van der Waals surface area contributed by atoms with Gasteiger partial charge >= 0.3 is 92.6 Å². The van der Waals surface area contributed by atoms with Crippen LogP contribution in [0.5, 0.6) is 0 Å². The summed E-state index contributed by atoms with van der Waals surface area (Å²) in [4.78, 5) is 31.3. The summed E-state index contributed by atoms with van der Waals surface area (Å²) in [6.07, 6.45) is 0.526. The van der Waals surface area contributed by atoms with E-state index >= 15 is 0 Å². The molecule has 0 aliphatic heterocycles. The summed E-state index contributed by atoms with van der Waals surface area (Å²) in [6, 6.07) is -0.279. The van der Waals surface area contributed by atoms with Gasteiger partial charge in [0.2, 0.25) is 0 Å². The molecule has 0 amide bonds. The standard InChI is InChI=1S/C6H15N2O5PS/c1-6(7-9)2-3-12-4-5-13-14(11,15)8-10/h6,11,14-15H,2-5H2,1H3/t6-/m0/s1. The minimum atomic E-state index is -3.65. The molecule has 0 unspecified atom stereocenters. The Morgan fingerprint density at radius 1 is 1.40 bits per heavy atom. The van der Waals surface area contributed by atoms with Gasteiger partial charge in [0.1, 0.15) is 0 Å². The first-order valence-corrected chi connectivity index (χ1v) is 7.44. The van der Waals surface area contributed by atoms with E-state index in [1.165, 1.54) is 0 Å². The van der Waals surface area contributed by atoms with Gasteiger partial charge in [-0.1, -0.05) is 0 Å². The van der Waals surface area contributed by atoms with Gasteiger partial charge < -0.3 is 0 Å². The maximum absolute atomic E-state index is 9.98. The van der Waals surface area contributed by atoms with Crippen LogP contribution in [0.25, 0.3) is 0 Å². The third-order valence-electron chi connectivity index (χ3n) is 1.50. The molecule has 1 atom stereocenters. The quantitative estimate of drug-likeness (QED) is 0.284. The van der Waals surface area contributed by atoms with Crippen molar-refractivity contribution in [1.82, 2.24) is 0 Å². The fourth-order valence-corrected chi connectivity index (χ4v) is 1.36. The van der Waals surface area contributed by atoms with Gasteiger partial charge in [-0.2, -0.15) is 0 Å². The molecule has 0 fully saturated rings. The van der Waals surface area contributed by atoms with Crippen molar-refractivity contribution < 1.29 is 14.2 Å². The average molecular weight is 258 g/mol. The Hall–Kier alpha value is -0.140. The van der Waals surface area contributed by atoms with Crippen LogP contribution in [-0.2, 0) is 9.26 Å². The second-order valence-corrected chi connectivity index (χ2v) is 6.24. The Kier molecular flexibility index (Phi) is 7.99. The normalized spacial score (nSPS) is 14.6. The van der Waals surface area contributed by atoms with Crippen molar-refractivity contribution in [1.29, 1.82) is 0 Å². The molecule has 7 nitrogen and oxygen atoms in total. The van der Waals surface area contributed by atoms with Gasteiger partial charge in [0, 0.05) is 0 Å². The van der Waals surface area contributed by atoms with Crippen LogP contribution in [0.3, 0.4) is 0 Å². The van der Waals surface area contributed by atoms with Crippen LogP contribution in [0.2, 0.25) is 0 Å². The first-order chi connectivity index (χ1) is 7.02. The van der Waals surface area contributed by atoms with Crippen LogP contribution in [0.1, 0.15) is 13.3 Å². The zero-order chi connectivity index (χ0) is 11.7. The van der Waals surface area contributed by atoms with Crippen molar-refractivity contribution in [2.45, 2.75) is 19.4 Å². The Morgan fingerprint density at radius 3 is 2.60 bits per heavy atom. The number of thiol groups is 1. The van der Waals surface area contributed by atoms with Gasteiger partial charge in [-0.3, -0.25) is 0 Å². The minimum absolute atomic E-state index is 0.0425. The van der Waals surface area contributed by atoms with Crippen LogP contribution in [0.4, 0.5) is 0 Å². The van der Waals surface area contributed by atoms with Crippen LogP contribution < -0.4 is 0 Å². The van der Waals surface area contributed by atoms with E-state index in [2.05, 4.69) is 26.9 Å². The molecule has 0 radical (unpaired) electrons. The molecule has 1 N–H and O–H groups in total. The fraction of sp³-hybridized carbons (Fsp3) is 1.00. The van der Waals surface area contributed by atoms with Crippen molar-refractivity contribution in [3.05, 3.63) is 9.81 Å². The van der Waals surface area contributed by atoms with Crippen LogP contribution in [0.15, 0.2) is 10.1 Å². The van der Waals surface area contributed by atoms with Crippen molar-refractivity contribution >= 4 is 19.3 Å². The molecule has 90 valence electrons. The summed E-state index contributed by atoms with van der Waals surface area (Å²) in [5.41, 5.74) is 0. The zero-order valence-electron chi connectivity index (χ0n) is 8.33. The summed E-state index contributed by atoms with van der Waals surface area (Å²) in [5.74, 6) is 0. The molecule has 0 aromatic heterocycles. The topological polar surface area (TPSA) is 97.6 Å². The summed E-state index contributed by atoms with van der Waals surface area (Å²) < 4.78 is 9.74. The van der Waals surface area contributed by atoms with E-state index in [4.69, 9.17) is 9.63 Å². The Balaban J connectivity index is 3.32. The second kappa shape index (κ2) is 8.06. The number of nitrogens with zero attached hydrogens (tertiary/aromatic N) is 2. The molecule has 0 aromatic carbocycles. The second-order valence-electron chi connectivity index (χ2n) is 2.87. The molecule has 0 aromatic rings. The summed E-state index contributed by atoms with van der Waals surface area (Å²) in [7, 11) is -3.65. The predicted molar refractivity (Wildman–Crippen MR) is 62.0 cm³/mol. The van der Waals surface area contributed by atoms with Crippen molar-refractivity contribution in [3.63, 3.8) is 0 Å². The van der Waals surface area contributed by atoms with Crippen molar-refractivity contribution in [2.75, 3.05) is 19.8 Å². The number of hydrogen-bond donors (Lipinski definition) is 2. The number of nitroso groups, excluding NO2 is 2. The van der Waals surface area contributed by atoms with E-state index in [1.54, 1.807) is 6.92 Å². The van der Waals surface area contributed by atoms with E-state index in [0.29, 0.717) is 13.0 Å². The zero-order valence-corrected chi connectivity index (χ0v) is 10.2. The molecule has 0 aliphatic rings. The molecular weight excluding hydrogens is 243 g/mol. The fourth-order valence-electron chi connectivity index (χ4n) is 0.673. The van der Waals surface area contributed by atoms with E-state index < -0.39 is 7.07 Å². The van der Waals surface area contributed by atoms with Crippen molar-refractivity contribution in [3.8, 4) is 0 Å². The maximum atomic E-state index is 9.98. The molecule has 9 heteroatoms. The van der Waals surface area contributed by atoms with Crippen LogP contribution in [0, 0.1) is 9.81 Å². The Labute approximate surface area is 93.2 Å². The van der Waals surface area contributed by atoms with E-state index in [9.17, 15) is 9.81 Å². The molecule has 15 heavy (non-hydrogen) atoms. The van der Waals surface area contributed by atoms with Crippen LogP contribution >= 0.6 is 19.3 Å². The number of rotatable bonds is 9. The van der Waals surface area contributed by atoms with E-state index in [-0.39, 0.29) is 19.3 Å². The monoisotopic (exact) mass is 258 g/mol. The van der Waals surface area contributed by atoms with Gasteiger partial charge in [0.05, 0.1) is 0 Å². The molecular formula is C6H15N2O5PS. The summed E-state index contributed by atoms with van der Waals surface area (Å²) in [5, 5.41) is 2.80. The molecule has 0 aliphatic carbocycles. The molecule has 0 bridgehead atoms. The molecule has 0 rings (SSSR count). The summed E-state index contributed by atoms with van der Waals surface area (Å²) >= 11 is 3.54. The van der Waals surface area contributed by atoms with Gasteiger partial charge in [-0.15, -0.1) is 0 Å².